The number of phenols is 2. The number of carbonyl (C=O) groups excluding carboxylic acids is 1. The number of hydrogen-bond acceptors (Lipinski definition) is 4. The molecule has 3 N–H and O–H groups in total. The van der Waals surface area contributed by atoms with Crippen LogP contribution >= 0.6 is 0 Å². The molecule has 0 aliphatic heterocycles. The molecule has 5 nitrogen and oxygen atoms in total. The molecular formula is C27H23NO4. The fourth-order valence-electron chi connectivity index (χ4n) is 3.71. The van der Waals surface area contributed by atoms with E-state index in [1.54, 1.807) is 55.6 Å². The third-order valence-electron chi connectivity index (χ3n) is 5.30. The van der Waals surface area contributed by atoms with Crippen molar-refractivity contribution in [1.29, 1.82) is 0 Å². The number of hydrogen-bond donors (Lipinski definition) is 3. The van der Waals surface area contributed by atoms with E-state index in [0.29, 0.717) is 17.0 Å². The SMILES string of the molecule is COc1cccc(C(=O)Nc2ccccc2C(c2ccc(O)cc2)c2ccc(O)cc2)c1. The Hall–Kier alpha value is -4.25. The Bertz CT molecular complexity index is 1170. The maximum absolute atomic E-state index is 13.0. The molecule has 4 rings (SSSR count). The lowest BCUT2D eigenvalue weighted by atomic mass is 9.84. The van der Waals surface area contributed by atoms with Crippen molar-refractivity contribution in [2.45, 2.75) is 5.92 Å². The van der Waals surface area contributed by atoms with Gasteiger partial charge in [0.2, 0.25) is 0 Å². The van der Waals surface area contributed by atoms with Crippen LogP contribution in [-0.2, 0) is 0 Å². The van der Waals surface area contributed by atoms with Gasteiger partial charge in [0.25, 0.3) is 5.91 Å². The van der Waals surface area contributed by atoms with Gasteiger partial charge in [0.05, 0.1) is 7.11 Å². The van der Waals surface area contributed by atoms with Crippen LogP contribution in [0.15, 0.2) is 97.1 Å². The molecule has 0 radical (unpaired) electrons. The molecule has 0 spiro atoms. The molecule has 0 saturated carbocycles. The Kier molecular flexibility index (Phi) is 6.08. The average Bonchev–Trinajstić information content (AvgIpc) is 2.82. The van der Waals surface area contributed by atoms with Gasteiger partial charge >= 0.3 is 0 Å². The number of rotatable bonds is 6. The highest BCUT2D eigenvalue weighted by atomic mass is 16.5. The van der Waals surface area contributed by atoms with Crippen LogP contribution < -0.4 is 10.1 Å². The molecule has 1 amide bonds. The molecule has 0 aliphatic carbocycles. The highest BCUT2D eigenvalue weighted by Gasteiger charge is 2.21. The second-order valence-corrected chi connectivity index (χ2v) is 7.39. The van der Waals surface area contributed by atoms with Gasteiger partial charge in [0, 0.05) is 17.2 Å². The zero-order chi connectivity index (χ0) is 22.5. The van der Waals surface area contributed by atoms with E-state index in [2.05, 4.69) is 5.32 Å². The first-order valence-corrected chi connectivity index (χ1v) is 10.2. The number of aromatic hydroxyl groups is 2. The summed E-state index contributed by atoms with van der Waals surface area (Å²) in [7, 11) is 1.56. The molecule has 5 heteroatoms. The topological polar surface area (TPSA) is 78.8 Å². The molecule has 0 unspecified atom stereocenters. The van der Waals surface area contributed by atoms with E-state index in [4.69, 9.17) is 4.74 Å². The monoisotopic (exact) mass is 425 g/mol. The zero-order valence-corrected chi connectivity index (χ0v) is 17.5. The van der Waals surface area contributed by atoms with Gasteiger partial charge < -0.3 is 20.3 Å². The van der Waals surface area contributed by atoms with E-state index < -0.39 is 0 Å². The van der Waals surface area contributed by atoms with Crippen LogP contribution in [0.4, 0.5) is 5.69 Å². The van der Waals surface area contributed by atoms with Crippen molar-refractivity contribution in [2.75, 3.05) is 12.4 Å². The molecule has 0 aliphatic rings. The highest BCUT2D eigenvalue weighted by molar-refractivity contribution is 6.05. The van der Waals surface area contributed by atoms with Gasteiger partial charge in [-0.25, -0.2) is 0 Å². The maximum Gasteiger partial charge on any atom is 0.255 e. The molecule has 0 atom stereocenters. The summed E-state index contributed by atoms with van der Waals surface area (Å²) in [6.45, 7) is 0. The van der Waals surface area contributed by atoms with E-state index in [9.17, 15) is 15.0 Å². The van der Waals surface area contributed by atoms with Crippen LogP contribution in [0.2, 0.25) is 0 Å². The summed E-state index contributed by atoms with van der Waals surface area (Å²) < 4.78 is 5.23. The number of methoxy groups -OCH3 is 1. The molecule has 32 heavy (non-hydrogen) atoms. The first-order valence-electron chi connectivity index (χ1n) is 10.2. The van der Waals surface area contributed by atoms with Crippen LogP contribution in [0, 0.1) is 0 Å². The van der Waals surface area contributed by atoms with E-state index in [0.717, 1.165) is 16.7 Å². The van der Waals surface area contributed by atoms with Crippen molar-refractivity contribution < 1.29 is 19.7 Å². The number of benzene rings is 4. The average molecular weight is 425 g/mol. The van der Waals surface area contributed by atoms with Gasteiger partial charge in [-0.2, -0.15) is 0 Å². The summed E-state index contributed by atoms with van der Waals surface area (Å²) in [5, 5.41) is 22.5. The summed E-state index contributed by atoms with van der Waals surface area (Å²) in [5.74, 6) is 0.497. The fourth-order valence-corrected chi connectivity index (χ4v) is 3.71. The van der Waals surface area contributed by atoms with E-state index in [-0.39, 0.29) is 23.3 Å². The zero-order valence-electron chi connectivity index (χ0n) is 17.5. The van der Waals surface area contributed by atoms with Gasteiger partial charge in [-0.05, 0) is 65.2 Å². The van der Waals surface area contributed by atoms with Crippen molar-refractivity contribution in [2.24, 2.45) is 0 Å². The minimum absolute atomic E-state index is 0.179. The predicted octanol–water partition coefficient (Wildman–Crippen LogP) is 5.54. The quantitative estimate of drug-likeness (QED) is 0.355. The third kappa shape index (κ3) is 4.57. The summed E-state index contributed by atoms with van der Waals surface area (Å²) in [5.41, 5.74) is 3.93. The Morgan fingerprint density at radius 3 is 1.97 bits per heavy atom. The van der Waals surface area contributed by atoms with Gasteiger partial charge in [0.1, 0.15) is 17.2 Å². The van der Waals surface area contributed by atoms with Crippen molar-refractivity contribution in [3.8, 4) is 17.2 Å². The molecule has 160 valence electrons. The molecular weight excluding hydrogens is 402 g/mol. The fraction of sp³-hybridized carbons (Fsp3) is 0.0741. The Morgan fingerprint density at radius 1 is 0.781 bits per heavy atom. The van der Waals surface area contributed by atoms with Crippen LogP contribution in [0.25, 0.3) is 0 Å². The van der Waals surface area contributed by atoms with Crippen molar-refractivity contribution in [3.05, 3.63) is 119 Å². The number of nitrogens with one attached hydrogen (secondary N) is 1. The minimum atomic E-state index is -0.244. The number of amides is 1. The van der Waals surface area contributed by atoms with E-state index >= 15 is 0 Å². The summed E-state index contributed by atoms with van der Waals surface area (Å²) in [4.78, 5) is 13.0. The Labute approximate surface area is 186 Å². The number of carbonyl (C=O) groups is 1. The van der Waals surface area contributed by atoms with Crippen molar-refractivity contribution >= 4 is 11.6 Å². The minimum Gasteiger partial charge on any atom is -0.508 e. The second-order valence-electron chi connectivity index (χ2n) is 7.39. The van der Waals surface area contributed by atoms with Gasteiger partial charge in [-0.1, -0.05) is 48.5 Å². The molecule has 4 aromatic carbocycles. The van der Waals surface area contributed by atoms with Gasteiger partial charge in [-0.3, -0.25) is 4.79 Å². The van der Waals surface area contributed by atoms with Crippen molar-refractivity contribution in [3.63, 3.8) is 0 Å². The summed E-state index contributed by atoms with van der Waals surface area (Å²) in [6, 6.07) is 28.6. The lowest BCUT2D eigenvalue weighted by molar-refractivity contribution is 0.102. The van der Waals surface area contributed by atoms with Crippen LogP contribution in [-0.4, -0.2) is 23.2 Å². The third-order valence-corrected chi connectivity index (χ3v) is 5.30. The van der Waals surface area contributed by atoms with Gasteiger partial charge in [0.15, 0.2) is 0 Å². The van der Waals surface area contributed by atoms with E-state index in [1.807, 2.05) is 48.5 Å². The number of phenolic OH excluding ortho intramolecular Hbond substituents is 2. The Morgan fingerprint density at radius 2 is 1.38 bits per heavy atom. The second kappa shape index (κ2) is 9.27. The molecule has 0 saturated heterocycles. The highest BCUT2D eigenvalue weighted by Crippen LogP contribution is 2.37. The molecule has 4 aromatic rings. The van der Waals surface area contributed by atoms with Crippen LogP contribution in [0.1, 0.15) is 33.0 Å². The number of ether oxygens (including phenoxy) is 1. The standard InChI is InChI=1S/C27H23NO4/c1-32-23-6-4-5-20(17-23)27(31)28-25-8-3-2-7-24(25)26(18-9-13-21(29)14-10-18)19-11-15-22(30)16-12-19/h2-17,26,29-30H,1H3,(H,28,31). The molecule has 0 aromatic heterocycles. The normalized spacial score (nSPS) is 10.7. The summed E-state index contributed by atoms with van der Waals surface area (Å²) in [6.07, 6.45) is 0. The lowest BCUT2D eigenvalue weighted by Gasteiger charge is -2.22. The molecule has 0 bridgehead atoms. The number of para-hydroxylation sites is 1. The van der Waals surface area contributed by atoms with Crippen LogP contribution in [0.5, 0.6) is 17.2 Å². The first kappa shape index (κ1) is 21.0. The molecule has 0 fully saturated rings. The van der Waals surface area contributed by atoms with Gasteiger partial charge in [-0.15, -0.1) is 0 Å². The lowest BCUT2D eigenvalue weighted by Crippen LogP contribution is -2.15. The maximum atomic E-state index is 13.0. The smallest absolute Gasteiger partial charge is 0.255 e. The first-order chi connectivity index (χ1) is 15.5. The van der Waals surface area contributed by atoms with Crippen LogP contribution in [0.3, 0.4) is 0 Å². The largest absolute Gasteiger partial charge is 0.508 e. The number of anilines is 1. The Balaban J connectivity index is 1.76. The van der Waals surface area contributed by atoms with E-state index in [1.165, 1.54) is 0 Å². The predicted molar refractivity (Wildman–Crippen MR) is 125 cm³/mol. The summed E-state index contributed by atoms with van der Waals surface area (Å²) >= 11 is 0. The van der Waals surface area contributed by atoms with Crippen molar-refractivity contribution in [1.82, 2.24) is 0 Å². The molecule has 0 heterocycles.